The Morgan fingerprint density at radius 2 is 2.00 bits per heavy atom. The molecule has 1 aliphatic rings. The van der Waals surface area contributed by atoms with Crippen molar-refractivity contribution in [2.45, 2.75) is 65.6 Å². The minimum atomic E-state index is -0.863. The summed E-state index contributed by atoms with van der Waals surface area (Å²) in [6.07, 6.45) is 3.31. The fraction of sp³-hybridized carbons (Fsp3) is 0.786. The van der Waals surface area contributed by atoms with Gasteiger partial charge in [-0.3, -0.25) is 4.79 Å². The van der Waals surface area contributed by atoms with Gasteiger partial charge in [0.1, 0.15) is 11.6 Å². The SMILES string of the molecule is CC(C)(NCc1nnc2n1CCCC2)C(C)(C)C(=O)O. The molecule has 0 unspecified atom stereocenters. The zero-order valence-electron chi connectivity index (χ0n) is 12.7. The second-order valence-electron chi connectivity index (χ2n) is 6.55. The summed E-state index contributed by atoms with van der Waals surface area (Å²) in [5, 5.41) is 21.1. The van der Waals surface area contributed by atoms with Crippen LogP contribution in [0.15, 0.2) is 0 Å². The van der Waals surface area contributed by atoms with E-state index < -0.39 is 16.9 Å². The van der Waals surface area contributed by atoms with E-state index in [2.05, 4.69) is 20.1 Å². The molecule has 0 radical (unpaired) electrons. The fourth-order valence-corrected chi connectivity index (χ4v) is 2.29. The van der Waals surface area contributed by atoms with Gasteiger partial charge in [0.2, 0.25) is 0 Å². The molecule has 0 saturated carbocycles. The summed E-state index contributed by atoms with van der Waals surface area (Å²) in [6, 6.07) is 0. The maximum Gasteiger partial charge on any atom is 0.310 e. The molecule has 2 rings (SSSR count). The van der Waals surface area contributed by atoms with E-state index in [1.807, 2.05) is 13.8 Å². The van der Waals surface area contributed by atoms with Crippen LogP contribution in [0.3, 0.4) is 0 Å². The van der Waals surface area contributed by atoms with Gasteiger partial charge in [0, 0.05) is 18.5 Å². The summed E-state index contributed by atoms with van der Waals surface area (Å²) in [5.74, 6) is 1.13. The zero-order chi connectivity index (χ0) is 15.0. The highest BCUT2D eigenvalue weighted by Gasteiger charge is 2.43. The van der Waals surface area contributed by atoms with E-state index >= 15 is 0 Å². The smallest absolute Gasteiger partial charge is 0.310 e. The number of fused-ring (bicyclic) bond motifs is 1. The number of nitrogens with one attached hydrogen (secondary N) is 1. The van der Waals surface area contributed by atoms with E-state index in [-0.39, 0.29) is 0 Å². The maximum atomic E-state index is 11.4. The Morgan fingerprint density at radius 1 is 1.30 bits per heavy atom. The minimum absolute atomic E-state index is 0.538. The molecule has 6 nitrogen and oxygen atoms in total. The second kappa shape index (κ2) is 5.16. The van der Waals surface area contributed by atoms with Gasteiger partial charge < -0.3 is 15.0 Å². The van der Waals surface area contributed by atoms with Crippen molar-refractivity contribution >= 4 is 5.97 Å². The number of nitrogens with zero attached hydrogens (tertiary/aromatic N) is 3. The Hall–Kier alpha value is -1.43. The van der Waals surface area contributed by atoms with E-state index in [1.165, 1.54) is 6.42 Å². The van der Waals surface area contributed by atoms with Crippen LogP contribution in [-0.2, 0) is 24.3 Å². The van der Waals surface area contributed by atoms with Crippen molar-refractivity contribution in [2.24, 2.45) is 5.41 Å². The summed E-state index contributed by atoms with van der Waals surface area (Å²) in [4.78, 5) is 11.4. The van der Waals surface area contributed by atoms with Gasteiger partial charge in [0.15, 0.2) is 0 Å². The van der Waals surface area contributed by atoms with Crippen LogP contribution >= 0.6 is 0 Å². The average molecular weight is 280 g/mol. The molecule has 0 fully saturated rings. The highest BCUT2D eigenvalue weighted by molar-refractivity contribution is 5.75. The van der Waals surface area contributed by atoms with E-state index in [4.69, 9.17) is 0 Å². The third-order valence-corrected chi connectivity index (χ3v) is 4.72. The quantitative estimate of drug-likeness (QED) is 0.856. The van der Waals surface area contributed by atoms with Crippen molar-refractivity contribution in [3.8, 4) is 0 Å². The van der Waals surface area contributed by atoms with Crippen molar-refractivity contribution in [2.75, 3.05) is 0 Å². The number of hydrogen-bond donors (Lipinski definition) is 2. The molecule has 20 heavy (non-hydrogen) atoms. The van der Waals surface area contributed by atoms with Crippen molar-refractivity contribution in [1.82, 2.24) is 20.1 Å². The highest BCUT2D eigenvalue weighted by atomic mass is 16.4. The predicted octanol–water partition coefficient (Wildman–Crippen LogP) is 1.59. The second-order valence-corrected chi connectivity index (χ2v) is 6.55. The molecular formula is C14H24N4O2. The van der Waals surface area contributed by atoms with Crippen LogP contribution < -0.4 is 5.32 Å². The number of rotatable bonds is 5. The van der Waals surface area contributed by atoms with E-state index in [0.717, 1.165) is 31.0 Å². The van der Waals surface area contributed by atoms with Crippen LogP contribution in [0.5, 0.6) is 0 Å². The van der Waals surface area contributed by atoms with Crippen LogP contribution in [0.2, 0.25) is 0 Å². The third kappa shape index (κ3) is 2.57. The molecule has 112 valence electrons. The Balaban J connectivity index is 2.08. The van der Waals surface area contributed by atoms with E-state index in [0.29, 0.717) is 6.54 Å². The first-order valence-electron chi connectivity index (χ1n) is 7.15. The summed E-state index contributed by atoms with van der Waals surface area (Å²) in [7, 11) is 0. The summed E-state index contributed by atoms with van der Waals surface area (Å²) < 4.78 is 2.15. The first-order chi connectivity index (χ1) is 9.25. The lowest BCUT2D eigenvalue weighted by Gasteiger charge is -2.39. The van der Waals surface area contributed by atoms with Crippen molar-refractivity contribution < 1.29 is 9.90 Å². The number of carboxylic acids is 1. The molecule has 0 amide bonds. The van der Waals surface area contributed by atoms with Crippen LogP contribution in [0.25, 0.3) is 0 Å². The molecule has 2 heterocycles. The topological polar surface area (TPSA) is 80.0 Å². The summed E-state index contributed by atoms with van der Waals surface area (Å²) in [6.45, 7) is 8.80. The first kappa shape index (κ1) is 15.0. The van der Waals surface area contributed by atoms with Gasteiger partial charge in [-0.15, -0.1) is 10.2 Å². The van der Waals surface area contributed by atoms with E-state index in [1.54, 1.807) is 13.8 Å². The van der Waals surface area contributed by atoms with Crippen molar-refractivity contribution in [1.29, 1.82) is 0 Å². The molecular weight excluding hydrogens is 256 g/mol. The Bertz CT molecular complexity index is 505. The standard InChI is InChI=1S/C14H24N4O2/c1-13(2,12(19)20)14(3,4)15-9-11-17-16-10-7-5-6-8-18(10)11/h15H,5-9H2,1-4H3,(H,19,20). The average Bonchev–Trinajstić information content (AvgIpc) is 2.79. The minimum Gasteiger partial charge on any atom is -0.481 e. The maximum absolute atomic E-state index is 11.4. The van der Waals surface area contributed by atoms with Crippen LogP contribution in [0.1, 0.15) is 52.2 Å². The Morgan fingerprint density at radius 3 is 2.65 bits per heavy atom. The van der Waals surface area contributed by atoms with Gasteiger partial charge in [-0.05, 0) is 40.5 Å². The first-order valence-corrected chi connectivity index (χ1v) is 7.15. The summed E-state index contributed by atoms with van der Waals surface area (Å²) in [5.41, 5.74) is -1.41. The summed E-state index contributed by atoms with van der Waals surface area (Å²) >= 11 is 0. The van der Waals surface area contributed by atoms with Crippen LogP contribution in [0.4, 0.5) is 0 Å². The molecule has 0 bridgehead atoms. The number of hydrogen-bond acceptors (Lipinski definition) is 4. The molecule has 1 aliphatic heterocycles. The van der Waals surface area contributed by atoms with Gasteiger partial charge in [-0.1, -0.05) is 0 Å². The van der Waals surface area contributed by atoms with Crippen LogP contribution in [-0.4, -0.2) is 31.4 Å². The number of carboxylic acid groups (broad SMARTS) is 1. The van der Waals surface area contributed by atoms with Crippen LogP contribution in [0, 0.1) is 5.41 Å². The number of aliphatic carboxylic acids is 1. The monoisotopic (exact) mass is 280 g/mol. The molecule has 1 aromatic rings. The number of carbonyl (C=O) groups is 1. The van der Waals surface area contributed by atoms with Gasteiger partial charge in [-0.2, -0.15) is 0 Å². The van der Waals surface area contributed by atoms with E-state index in [9.17, 15) is 9.90 Å². The molecule has 6 heteroatoms. The van der Waals surface area contributed by atoms with Crippen molar-refractivity contribution in [3.63, 3.8) is 0 Å². The Labute approximate surface area is 119 Å². The molecule has 0 spiro atoms. The number of aryl methyl sites for hydroxylation is 1. The fourth-order valence-electron chi connectivity index (χ4n) is 2.29. The van der Waals surface area contributed by atoms with Gasteiger partial charge >= 0.3 is 5.97 Å². The largest absolute Gasteiger partial charge is 0.481 e. The predicted molar refractivity (Wildman–Crippen MR) is 75.3 cm³/mol. The van der Waals surface area contributed by atoms with Crippen molar-refractivity contribution in [3.05, 3.63) is 11.6 Å². The number of aromatic nitrogens is 3. The molecule has 1 aromatic heterocycles. The highest BCUT2D eigenvalue weighted by Crippen LogP contribution is 2.31. The van der Waals surface area contributed by atoms with Gasteiger partial charge in [-0.25, -0.2) is 0 Å². The lowest BCUT2D eigenvalue weighted by atomic mass is 9.74. The molecule has 0 aliphatic carbocycles. The molecule has 2 N–H and O–H groups in total. The third-order valence-electron chi connectivity index (χ3n) is 4.72. The molecule has 0 aromatic carbocycles. The van der Waals surface area contributed by atoms with Gasteiger partial charge in [0.25, 0.3) is 0 Å². The zero-order valence-corrected chi connectivity index (χ0v) is 12.7. The lowest BCUT2D eigenvalue weighted by molar-refractivity contribution is -0.151. The van der Waals surface area contributed by atoms with Gasteiger partial charge in [0.05, 0.1) is 12.0 Å². The molecule has 0 atom stereocenters. The molecule has 0 saturated heterocycles. The lowest BCUT2D eigenvalue weighted by Crippen LogP contribution is -2.54. The Kier molecular flexibility index (Phi) is 3.86. The normalized spacial score (nSPS) is 16.0.